The van der Waals surface area contributed by atoms with Crippen molar-refractivity contribution < 1.29 is 19.0 Å². The minimum atomic E-state index is -0.425. The van der Waals surface area contributed by atoms with Crippen LogP contribution in [0.25, 0.3) is 0 Å². The summed E-state index contributed by atoms with van der Waals surface area (Å²) in [6.45, 7) is 2.66. The summed E-state index contributed by atoms with van der Waals surface area (Å²) in [6.07, 6.45) is 2.48. The molecular weight excluding hydrogens is 246 g/mol. The highest BCUT2D eigenvalue weighted by molar-refractivity contribution is 5.74. The number of fused-ring (bicyclic) bond motifs is 1. The number of ether oxygens (including phenoxy) is 3. The van der Waals surface area contributed by atoms with Crippen LogP contribution >= 0.6 is 0 Å². The van der Waals surface area contributed by atoms with Crippen molar-refractivity contribution in [2.75, 3.05) is 6.61 Å². The van der Waals surface area contributed by atoms with Crippen LogP contribution in [0.15, 0.2) is 18.2 Å². The highest BCUT2D eigenvalue weighted by atomic mass is 16.7. The minimum Gasteiger partial charge on any atom is -0.465 e. The molecule has 0 radical (unpaired) electrons. The first-order valence-electron chi connectivity index (χ1n) is 6.63. The average molecular weight is 263 g/mol. The lowest BCUT2D eigenvalue weighted by molar-refractivity contribution is -0.105. The molecule has 0 aromatic heterocycles. The molecule has 1 fully saturated rings. The van der Waals surface area contributed by atoms with Crippen LogP contribution in [-0.2, 0) is 4.74 Å². The molecule has 0 aliphatic carbocycles. The third kappa shape index (κ3) is 2.66. The first-order valence-corrected chi connectivity index (χ1v) is 6.63. The second-order valence-electron chi connectivity index (χ2n) is 4.87. The van der Waals surface area contributed by atoms with Gasteiger partial charge in [0.2, 0.25) is 0 Å². The van der Waals surface area contributed by atoms with Crippen LogP contribution in [0.2, 0.25) is 0 Å². The molecule has 1 aromatic rings. The van der Waals surface area contributed by atoms with E-state index in [9.17, 15) is 4.79 Å². The van der Waals surface area contributed by atoms with Gasteiger partial charge in [0.25, 0.3) is 0 Å². The molecule has 2 heterocycles. The van der Waals surface area contributed by atoms with Gasteiger partial charge in [0.05, 0.1) is 12.6 Å². The third-order valence-electron chi connectivity index (χ3n) is 3.39. The summed E-state index contributed by atoms with van der Waals surface area (Å²) in [6, 6.07) is 5.50. The van der Waals surface area contributed by atoms with Gasteiger partial charge in [-0.25, -0.2) is 4.79 Å². The van der Waals surface area contributed by atoms with Gasteiger partial charge in [0.1, 0.15) is 11.5 Å². The topological polar surface area (TPSA) is 56.8 Å². The second kappa shape index (κ2) is 5.09. The Hall–Kier alpha value is -1.75. The fourth-order valence-corrected chi connectivity index (χ4v) is 2.37. The van der Waals surface area contributed by atoms with Crippen LogP contribution in [0.1, 0.15) is 37.8 Å². The van der Waals surface area contributed by atoms with Crippen molar-refractivity contribution in [1.29, 1.82) is 0 Å². The maximum absolute atomic E-state index is 11.3. The SMILES string of the molecule is CC1NC(=O)Oc2cc(OC3CCCCO3)ccc21. The predicted molar refractivity (Wildman–Crippen MR) is 68.2 cm³/mol. The van der Waals surface area contributed by atoms with Crippen LogP contribution in [-0.4, -0.2) is 19.0 Å². The molecule has 102 valence electrons. The Morgan fingerprint density at radius 2 is 2.26 bits per heavy atom. The van der Waals surface area contributed by atoms with Crippen molar-refractivity contribution in [3.8, 4) is 11.5 Å². The Morgan fingerprint density at radius 3 is 3.05 bits per heavy atom. The second-order valence-corrected chi connectivity index (χ2v) is 4.87. The van der Waals surface area contributed by atoms with Gasteiger partial charge in [0.15, 0.2) is 6.29 Å². The van der Waals surface area contributed by atoms with Gasteiger partial charge in [-0.2, -0.15) is 0 Å². The fraction of sp³-hybridized carbons (Fsp3) is 0.500. The summed E-state index contributed by atoms with van der Waals surface area (Å²) in [7, 11) is 0. The summed E-state index contributed by atoms with van der Waals surface area (Å²) >= 11 is 0. The average Bonchev–Trinajstić information content (AvgIpc) is 2.39. The summed E-state index contributed by atoms with van der Waals surface area (Å²) < 4.78 is 16.4. The summed E-state index contributed by atoms with van der Waals surface area (Å²) in [4.78, 5) is 11.3. The molecule has 1 N–H and O–H groups in total. The minimum absolute atomic E-state index is 0.0452. The molecule has 5 nitrogen and oxygen atoms in total. The van der Waals surface area contributed by atoms with E-state index in [1.165, 1.54) is 0 Å². The lowest BCUT2D eigenvalue weighted by atomic mass is 10.1. The Balaban J connectivity index is 1.76. The maximum atomic E-state index is 11.3. The largest absolute Gasteiger partial charge is 0.465 e. The zero-order valence-corrected chi connectivity index (χ0v) is 10.8. The van der Waals surface area contributed by atoms with Gasteiger partial charge in [-0.15, -0.1) is 0 Å². The number of benzene rings is 1. The van der Waals surface area contributed by atoms with E-state index < -0.39 is 6.09 Å². The van der Waals surface area contributed by atoms with Crippen LogP contribution in [0.4, 0.5) is 4.79 Å². The molecule has 3 rings (SSSR count). The molecule has 0 saturated carbocycles. The molecular formula is C14H17NO4. The van der Waals surface area contributed by atoms with Crippen molar-refractivity contribution in [3.05, 3.63) is 23.8 Å². The lowest BCUT2D eigenvalue weighted by Gasteiger charge is -2.26. The monoisotopic (exact) mass is 263 g/mol. The van der Waals surface area contributed by atoms with E-state index in [4.69, 9.17) is 14.2 Å². The quantitative estimate of drug-likeness (QED) is 0.891. The molecule has 2 unspecified atom stereocenters. The smallest absolute Gasteiger partial charge is 0.413 e. The number of hydrogen-bond acceptors (Lipinski definition) is 4. The molecule has 0 bridgehead atoms. The van der Waals surface area contributed by atoms with Crippen LogP contribution in [0.3, 0.4) is 0 Å². The van der Waals surface area contributed by atoms with Crippen molar-refractivity contribution in [1.82, 2.24) is 5.32 Å². The van der Waals surface area contributed by atoms with Crippen LogP contribution < -0.4 is 14.8 Å². The fourth-order valence-electron chi connectivity index (χ4n) is 2.37. The molecule has 1 amide bonds. The number of amides is 1. The van der Waals surface area contributed by atoms with Crippen molar-refractivity contribution in [3.63, 3.8) is 0 Å². The number of hydrogen-bond donors (Lipinski definition) is 1. The molecule has 2 aliphatic rings. The normalized spacial score (nSPS) is 26.1. The predicted octanol–water partition coefficient (Wildman–Crippen LogP) is 2.76. The van der Waals surface area contributed by atoms with E-state index in [2.05, 4.69) is 5.32 Å². The van der Waals surface area contributed by atoms with Crippen LogP contribution in [0.5, 0.6) is 11.5 Å². The Kier molecular flexibility index (Phi) is 3.29. The van der Waals surface area contributed by atoms with E-state index in [1.807, 2.05) is 19.1 Å². The zero-order chi connectivity index (χ0) is 13.2. The van der Waals surface area contributed by atoms with Gasteiger partial charge < -0.3 is 19.5 Å². The standard InChI is InChI=1S/C14H17NO4/c1-9-11-6-5-10(8-12(11)19-14(16)15-9)18-13-4-2-3-7-17-13/h5-6,8-9,13H,2-4,7H2,1H3,(H,15,16). The Bertz CT molecular complexity index is 482. The molecule has 5 heteroatoms. The van der Waals surface area contributed by atoms with Gasteiger partial charge in [-0.05, 0) is 31.9 Å². The van der Waals surface area contributed by atoms with E-state index in [1.54, 1.807) is 6.07 Å². The molecule has 2 aliphatic heterocycles. The summed E-state index contributed by atoms with van der Waals surface area (Å²) in [5.74, 6) is 1.23. The first-order chi connectivity index (χ1) is 9.22. The van der Waals surface area contributed by atoms with Crippen molar-refractivity contribution in [2.45, 2.75) is 38.5 Å². The first kappa shape index (κ1) is 12.3. The number of rotatable bonds is 2. The van der Waals surface area contributed by atoms with Gasteiger partial charge in [-0.1, -0.05) is 0 Å². The van der Waals surface area contributed by atoms with Crippen molar-refractivity contribution >= 4 is 6.09 Å². The van der Waals surface area contributed by atoms with Gasteiger partial charge in [-0.3, -0.25) is 0 Å². The molecule has 19 heavy (non-hydrogen) atoms. The molecule has 0 spiro atoms. The maximum Gasteiger partial charge on any atom is 0.413 e. The summed E-state index contributed by atoms with van der Waals surface area (Å²) in [5.41, 5.74) is 0.955. The Labute approximate surface area is 111 Å². The number of nitrogens with one attached hydrogen (secondary N) is 1. The van der Waals surface area contributed by atoms with E-state index in [-0.39, 0.29) is 12.3 Å². The van der Waals surface area contributed by atoms with Crippen LogP contribution in [0, 0.1) is 0 Å². The van der Waals surface area contributed by atoms with E-state index in [0.29, 0.717) is 11.5 Å². The highest BCUT2D eigenvalue weighted by Gasteiger charge is 2.24. The summed E-state index contributed by atoms with van der Waals surface area (Å²) in [5, 5.41) is 2.71. The molecule has 1 saturated heterocycles. The van der Waals surface area contributed by atoms with Gasteiger partial charge >= 0.3 is 6.09 Å². The zero-order valence-electron chi connectivity index (χ0n) is 10.8. The molecule has 2 atom stereocenters. The number of carbonyl (C=O) groups is 1. The van der Waals surface area contributed by atoms with Crippen molar-refractivity contribution in [2.24, 2.45) is 0 Å². The number of carbonyl (C=O) groups excluding carboxylic acids is 1. The van der Waals surface area contributed by atoms with E-state index in [0.717, 1.165) is 31.4 Å². The molecule has 1 aromatic carbocycles. The third-order valence-corrected chi connectivity index (χ3v) is 3.39. The van der Waals surface area contributed by atoms with E-state index >= 15 is 0 Å². The lowest BCUT2D eigenvalue weighted by Crippen LogP contribution is -2.34. The Morgan fingerprint density at radius 1 is 1.37 bits per heavy atom. The highest BCUT2D eigenvalue weighted by Crippen LogP contribution is 2.33. The van der Waals surface area contributed by atoms with Gasteiger partial charge in [0, 0.05) is 18.1 Å².